The first-order chi connectivity index (χ1) is 9.63. The summed E-state index contributed by atoms with van der Waals surface area (Å²) in [4.78, 5) is 8.42. The van der Waals surface area contributed by atoms with Gasteiger partial charge in [-0.25, -0.2) is 14.4 Å². The van der Waals surface area contributed by atoms with E-state index >= 15 is 0 Å². The Hall–Kier alpha value is -1.95. The van der Waals surface area contributed by atoms with Gasteiger partial charge in [-0.1, -0.05) is 0 Å². The quantitative estimate of drug-likeness (QED) is 0.796. The van der Waals surface area contributed by atoms with Crippen molar-refractivity contribution >= 4 is 27.3 Å². The molecule has 0 spiro atoms. The van der Waals surface area contributed by atoms with Crippen LogP contribution in [0.25, 0.3) is 5.65 Å². The van der Waals surface area contributed by atoms with Crippen LogP contribution in [0.4, 0.5) is 10.1 Å². The van der Waals surface area contributed by atoms with Crippen LogP contribution < -0.4 is 5.32 Å². The van der Waals surface area contributed by atoms with Gasteiger partial charge in [0, 0.05) is 11.9 Å². The summed E-state index contributed by atoms with van der Waals surface area (Å²) < 4.78 is 15.8. The first kappa shape index (κ1) is 13.1. The summed E-state index contributed by atoms with van der Waals surface area (Å²) >= 11 is 3.35. The molecule has 0 radical (unpaired) electrons. The van der Waals surface area contributed by atoms with E-state index in [1.165, 1.54) is 12.1 Å². The summed E-state index contributed by atoms with van der Waals surface area (Å²) in [5.41, 5.74) is 3.59. The van der Waals surface area contributed by atoms with E-state index in [9.17, 15) is 4.39 Å². The van der Waals surface area contributed by atoms with Crippen LogP contribution in [0.3, 0.4) is 0 Å². The molecule has 3 rings (SSSR count). The van der Waals surface area contributed by atoms with Crippen LogP contribution >= 0.6 is 15.9 Å². The fraction of sp³-hybridized carbons (Fsp3) is 0.143. The van der Waals surface area contributed by atoms with E-state index < -0.39 is 0 Å². The standard InChI is InChI=1S/C14H12BrFN4/c1-9-4-10(16)2-3-12(9)17-5-11-6-19-14-7-18-13(15)8-20(11)14/h2-4,6-8,17H,5H2,1H3. The Kier molecular flexibility index (Phi) is 3.40. The number of hydrogen-bond acceptors (Lipinski definition) is 3. The van der Waals surface area contributed by atoms with E-state index in [0.29, 0.717) is 6.54 Å². The van der Waals surface area contributed by atoms with Crippen molar-refractivity contribution < 1.29 is 4.39 Å². The van der Waals surface area contributed by atoms with Crippen LogP contribution in [0, 0.1) is 12.7 Å². The normalized spacial score (nSPS) is 10.9. The van der Waals surface area contributed by atoms with E-state index in [1.54, 1.807) is 18.5 Å². The van der Waals surface area contributed by atoms with Crippen LogP contribution in [0.15, 0.2) is 41.4 Å². The summed E-state index contributed by atoms with van der Waals surface area (Å²) in [5, 5.41) is 3.29. The van der Waals surface area contributed by atoms with Crippen molar-refractivity contribution in [1.29, 1.82) is 0 Å². The summed E-state index contributed by atoms with van der Waals surface area (Å²) in [6, 6.07) is 4.70. The van der Waals surface area contributed by atoms with Crippen LogP contribution in [0.5, 0.6) is 0 Å². The molecule has 1 N–H and O–H groups in total. The Balaban J connectivity index is 1.85. The number of nitrogens with zero attached hydrogens (tertiary/aromatic N) is 3. The smallest absolute Gasteiger partial charge is 0.155 e. The van der Waals surface area contributed by atoms with Gasteiger partial charge in [0.15, 0.2) is 5.65 Å². The predicted octanol–water partition coefficient (Wildman–Crippen LogP) is 3.55. The van der Waals surface area contributed by atoms with Gasteiger partial charge >= 0.3 is 0 Å². The molecule has 0 atom stereocenters. The average molecular weight is 335 g/mol. The van der Waals surface area contributed by atoms with Crippen molar-refractivity contribution in [1.82, 2.24) is 14.4 Å². The Morgan fingerprint density at radius 1 is 1.30 bits per heavy atom. The number of aromatic nitrogens is 3. The first-order valence-electron chi connectivity index (χ1n) is 6.11. The molecule has 1 aromatic carbocycles. The van der Waals surface area contributed by atoms with Crippen molar-refractivity contribution in [3.05, 3.63) is 58.5 Å². The lowest BCUT2D eigenvalue weighted by molar-refractivity contribution is 0.627. The fourth-order valence-electron chi connectivity index (χ4n) is 2.06. The number of anilines is 1. The van der Waals surface area contributed by atoms with Gasteiger partial charge in [-0.15, -0.1) is 0 Å². The minimum atomic E-state index is -0.224. The molecule has 0 bridgehead atoms. The van der Waals surface area contributed by atoms with Gasteiger partial charge in [-0.05, 0) is 46.6 Å². The van der Waals surface area contributed by atoms with Gasteiger partial charge in [0.05, 0.1) is 24.6 Å². The molecule has 102 valence electrons. The average Bonchev–Trinajstić information content (AvgIpc) is 2.80. The molecule has 6 heteroatoms. The number of nitrogens with one attached hydrogen (secondary N) is 1. The second-order valence-corrected chi connectivity index (χ2v) is 5.31. The van der Waals surface area contributed by atoms with Crippen LogP contribution in [0.1, 0.15) is 11.3 Å². The lowest BCUT2D eigenvalue weighted by Crippen LogP contribution is -2.04. The number of rotatable bonds is 3. The zero-order valence-corrected chi connectivity index (χ0v) is 12.4. The number of hydrogen-bond donors (Lipinski definition) is 1. The minimum Gasteiger partial charge on any atom is -0.379 e. The third-order valence-electron chi connectivity index (χ3n) is 3.09. The Morgan fingerprint density at radius 3 is 2.95 bits per heavy atom. The van der Waals surface area contributed by atoms with Crippen molar-refractivity contribution in [2.45, 2.75) is 13.5 Å². The molecule has 0 saturated heterocycles. The zero-order valence-electron chi connectivity index (χ0n) is 10.8. The predicted molar refractivity (Wildman–Crippen MR) is 79.2 cm³/mol. The third kappa shape index (κ3) is 2.51. The third-order valence-corrected chi connectivity index (χ3v) is 3.50. The molecular formula is C14H12BrFN4. The second kappa shape index (κ2) is 5.20. The molecule has 0 amide bonds. The SMILES string of the molecule is Cc1cc(F)ccc1NCc1cnc2cnc(Br)cn12. The summed E-state index contributed by atoms with van der Waals surface area (Å²) in [7, 11) is 0. The van der Waals surface area contributed by atoms with Crippen LogP contribution in [-0.2, 0) is 6.54 Å². The van der Waals surface area contributed by atoms with Gasteiger partial charge in [-0.3, -0.25) is 4.40 Å². The number of fused-ring (bicyclic) bond motifs is 1. The van der Waals surface area contributed by atoms with Gasteiger partial charge < -0.3 is 5.32 Å². The van der Waals surface area contributed by atoms with E-state index in [0.717, 1.165) is 27.2 Å². The maximum atomic E-state index is 13.1. The van der Waals surface area contributed by atoms with Crippen LogP contribution in [-0.4, -0.2) is 14.4 Å². The number of benzene rings is 1. The first-order valence-corrected chi connectivity index (χ1v) is 6.90. The highest BCUT2D eigenvalue weighted by Gasteiger charge is 2.05. The molecule has 2 heterocycles. The van der Waals surface area contributed by atoms with E-state index in [2.05, 4.69) is 31.2 Å². The summed E-state index contributed by atoms with van der Waals surface area (Å²) in [5.74, 6) is -0.224. The molecule has 4 nitrogen and oxygen atoms in total. The molecule has 0 aliphatic heterocycles. The van der Waals surface area contributed by atoms with E-state index in [-0.39, 0.29) is 5.82 Å². The highest BCUT2D eigenvalue weighted by molar-refractivity contribution is 9.10. The highest BCUT2D eigenvalue weighted by atomic mass is 79.9. The number of imidazole rings is 1. The van der Waals surface area contributed by atoms with E-state index in [1.807, 2.05) is 17.5 Å². The van der Waals surface area contributed by atoms with Crippen molar-refractivity contribution in [3.63, 3.8) is 0 Å². The highest BCUT2D eigenvalue weighted by Crippen LogP contribution is 2.17. The molecule has 0 saturated carbocycles. The van der Waals surface area contributed by atoms with Gasteiger partial charge in [0.2, 0.25) is 0 Å². The molecule has 3 aromatic rings. The molecule has 0 unspecified atom stereocenters. The van der Waals surface area contributed by atoms with Gasteiger partial charge in [0.1, 0.15) is 10.4 Å². The molecule has 0 aliphatic carbocycles. The molecule has 2 aromatic heterocycles. The van der Waals surface area contributed by atoms with Gasteiger partial charge in [-0.2, -0.15) is 0 Å². The van der Waals surface area contributed by atoms with Crippen molar-refractivity contribution in [3.8, 4) is 0 Å². The minimum absolute atomic E-state index is 0.224. The zero-order chi connectivity index (χ0) is 14.1. The Labute approximate surface area is 123 Å². The van der Waals surface area contributed by atoms with Crippen molar-refractivity contribution in [2.24, 2.45) is 0 Å². The lowest BCUT2D eigenvalue weighted by Gasteiger charge is -2.09. The summed E-state index contributed by atoms with van der Waals surface area (Å²) in [6.45, 7) is 2.48. The lowest BCUT2D eigenvalue weighted by atomic mass is 10.2. The molecule has 0 fully saturated rings. The Bertz CT molecular complexity index is 769. The summed E-state index contributed by atoms with van der Waals surface area (Å²) in [6.07, 6.45) is 5.38. The second-order valence-electron chi connectivity index (χ2n) is 4.50. The van der Waals surface area contributed by atoms with Crippen molar-refractivity contribution in [2.75, 3.05) is 5.32 Å². The monoisotopic (exact) mass is 334 g/mol. The Morgan fingerprint density at radius 2 is 2.15 bits per heavy atom. The molecule has 20 heavy (non-hydrogen) atoms. The fourth-order valence-corrected chi connectivity index (χ4v) is 2.37. The number of halogens is 2. The maximum Gasteiger partial charge on any atom is 0.155 e. The maximum absolute atomic E-state index is 13.1. The largest absolute Gasteiger partial charge is 0.379 e. The number of aryl methyl sites for hydroxylation is 1. The topological polar surface area (TPSA) is 42.2 Å². The molecule has 0 aliphatic rings. The van der Waals surface area contributed by atoms with E-state index in [4.69, 9.17) is 0 Å². The van der Waals surface area contributed by atoms with Crippen LogP contribution in [0.2, 0.25) is 0 Å². The van der Waals surface area contributed by atoms with Gasteiger partial charge in [0.25, 0.3) is 0 Å². The molecular weight excluding hydrogens is 323 g/mol.